The van der Waals surface area contributed by atoms with Gasteiger partial charge in [0.1, 0.15) is 24.6 Å². The minimum atomic E-state index is -0.836. The molecular weight excluding hydrogens is 392 g/mol. The second-order valence-electron chi connectivity index (χ2n) is 7.51. The molecule has 1 atom stereocenters. The fourth-order valence-corrected chi connectivity index (χ4v) is 4.02. The lowest BCUT2D eigenvalue weighted by atomic mass is 10.0. The third kappa shape index (κ3) is 3.36. The van der Waals surface area contributed by atoms with Crippen LogP contribution in [0, 0.1) is 0 Å². The quantitative estimate of drug-likeness (QED) is 0.600. The highest BCUT2D eigenvalue weighted by molar-refractivity contribution is 6.21. The Hall–Kier alpha value is -3.93. The molecule has 3 amide bonds. The Morgan fingerprint density at radius 2 is 1.61 bits per heavy atom. The Morgan fingerprint density at radius 1 is 0.903 bits per heavy atom. The van der Waals surface area contributed by atoms with Gasteiger partial charge in [0.05, 0.1) is 12.7 Å². The van der Waals surface area contributed by atoms with Crippen LogP contribution in [0.3, 0.4) is 0 Å². The molecule has 0 spiro atoms. The zero-order valence-electron chi connectivity index (χ0n) is 17.0. The molecule has 0 aromatic heterocycles. The third-order valence-electron chi connectivity index (χ3n) is 5.58. The molecule has 6 heteroatoms. The average Bonchev–Trinajstić information content (AvgIpc) is 3.20. The van der Waals surface area contributed by atoms with Gasteiger partial charge in [-0.15, -0.1) is 0 Å². The van der Waals surface area contributed by atoms with Gasteiger partial charge in [0.2, 0.25) is 0 Å². The van der Waals surface area contributed by atoms with E-state index in [1.165, 1.54) is 4.90 Å². The topological polar surface area (TPSA) is 58.9 Å². The molecule has 0 bridgehead atoms. The number of imide groups is 1. The van der Waals surface area contributed by atoms with Crippen LogP contribution in [0.15, 0.2) is 78.9 Å². The van der Waals surface area contributed by atoms with Crippen molar-refractivity contribution in [2.45, 2.75) is 19.2 Å². The Balaban J connectivity index is 1.58. The number of urea groups is 1. The van der Waals surface area contributed by atoms with E-state index in [0.717, 1.165) is 22.4 Å². The predicted molar refractivity (Wildman–Crippen MR) is 114 cm³/mol. The van der Waals surface area contributed by atoms with E-state index < -0.39 is 6.10 Å². The monoisotopic (exact) mass is 413 g/mol. The number of carbonyl (C=O) groups excluding carboxylic acids is 2. The highest BCUT2D eigenvalue weighted by Crippen LogP contribution is 2.33. The zero-order chi connectivity index (χ0) is 21.4. The van der Waals surface area contributed by atoms with E-state index in [-0.39, 0.29) is 18.5 Å². The summed E-state index contributed by atoms with van der Waals surface area (Å²) >= 11 is 0. The molecule has 3 aromatic rings. The molecule has 154 valence electrons. The number of hydrogen-bond acceptors (Lipinski definition) is 4. The van der Waals surface area contributed by atoms with Crippen LogP contribution < -0.4 is 9.47 Å². The Bertz CT molecular complexity index is 1190. The lowest BCUT2D eigenvalue weighted by Gasteiger charge is -2.24. The lowest BCUT2D eigenvalue weighted by Crippen LogP contribution is -2.57. The minimum Gasteiger partial charge on any atom is -0.497 e. The van der Waals surface area contributed by atoms with Crippen LogP contribution >= 0.6 is 0 Å². The summed E-state index contributed by atoms with van der Waals surface area (Å²) in [4.78, 5) is 28.1. The standard InChI is InChI=1S/C25H21N2O4/c1-30-19-13-11-18(12-14-19)15-26-22-20-9-5-6-10-21(20)31-23(22)24(28)27(25(26)29)16-17-7-3-2-4-8-17/h2-14,23H,15-16H2,1H3/q+1. The van der Waals surface area contributed by atoms with Gasteiger partial charge in [0, 0.05) is 0 Å². The van der Waals surface area contributed by atoms with Gasteiger partial charge in [-0.25, -0.2) is 4.79 Å². The van der Waals surface area contributed by atoms with Crippen molar-refractivity contribution in [3.05, 3.63) is 95.6 Å². The van der Waals surface area contributed by atoms with Crippen molar-refractivity contribution < 1.29 is 23.6 Å². The van der Waals surface area contributed by atoms with Gasteiger partial charge < -0.3 is 9.47 Å². The first kappa shape index (κ1) is 19.1. The van der Waals surface area contributed by atoms with E-state index >= 15 is 0 Å². The van der Waals surface area contributed by atoms with E-state index in [2.05, 4.69) is 0 Å². The minimum absolute atomic E-state index is 0.196. The van der Waals surface area contributed by atoms with Crippen LogP contribution in [0.4, 0.5) is 4.79 Å². The maximum atomic E-state index is 13.6. The second kappa shape index (κ2) is 7.72. The highest BCUT2D eigenvalue weighted by Gasteiger charge is 2.53. The van der Waals surface area contributed by atoms with Crippen LogP contribution in [0.25, 0.3) is 0 Å². The Morgan fingerprint density at radius 3 is 2.35 bits per heavy atom. The van der Waals surface area contributed by atoms with Crippen LogP contribution in [0.5, 0.6) is 11.5 Å². The van der Waals surface area contributed by atoms with Crippen LogP contribution in [-0.2, 0) is 17.9 Å². The van der Waals surface area contributed by atoms with Crippen molar-refractivity contribution in [3.63, 3.8) is 0 Å². The van der Waals surface area contributed by atoms with E-state index in [4.69, 9.17) is 9.47 Å². The third-order valence-corrected chi connectivity index (χ3v) is 5.58. The van der Waals surface area contributed by atoms with Crippen molar-refractivity contribution in [2.24, 2.45) is 0 Å². The van der Waals surface area contributed by atoms with Crippen molar-refractivity contribution in [3.8, 4) is 11.5 Å². The average molecular weight is 413 g/mol. The number of methoxy groups -OCH3 is 1. The summed E-state index contributed by atoms with van der Waals surface area (Å²) < 4.78 is 12.9. The number of rotatable bonds is 5. The summed E-state index contributed by atoms with van der Waals surface area (Å²) in [7, 11) is 1.61. The number of hydrogen-bond donors (Lipinski definition) is 0. The predicted octanol–water partition coefficient (Wildman–Crippen LogP) is 3.62. The molecule has 1 unspecified atom stereocenters. The number of nitrogens with zero attached hydrogens (tertiary/aromatic N) is 2. The molecule has 2 aliphatic heterocycles. The van der Waals surface area contributed by atoms with Gasteiger partial charge in [0.15, 0.2) is 5.71 Å². The van der Waals surface area contributed by atoms with Crippen molar-refractivity contribution in [1.29, 1.82) is 0 Å². The fraction of sp³-hybridized carbons (Fsp3) is 0.160. The summed E-state index contributed by atoms with van der Waals surface area (Å²) in [5.74, 6) is 1.02. The van der Waals surface area contributed by atoms with Crippen LogP contribution in [0.2, 0.25) is 0 Å². The van der Waals surface area contributed by atoms with Crippen molar-refractivity contribution in [1.82, 2.24) is 4.90 Å². The number of ether oxygens (including phenoxy) is 2. The van der Waals surface area contributed by atoms with Crippen molar-refractivity contribution >= 4 is 17.6 Å². The number of fused-ring (bicyclic) bond motifs is 3. The first-order valence-electron chi connectivity index (χ1n) is 10.1. The van der Waals surface area contributed by atoms with Gasteiger partial charge >= 0.3 is 11.9 Å². The molecule has 2 aliphatic rings. The molecule has 0 aliphatic carbocycles. The van der Waals surface area contributed by atoms with Gasteiger partial charge in [-0.1, -0.05) is 54.6 Å². The molecule has 31 heavy (non-hydrogen) atoms. The first-order chi connectivity index (χ1) is 15.2. The molecular formula is C25H21N2O4+. The van der Waals surface area contributed by atoms with Gasteiger partial charge in [-0.2, -0.15) is 14.3 Å². The zero-order valence-corrected chi connectivity index (χ0v) is 17.0. The first-order valence-corrected chi connectivity index (χ1v) is 10.1. The molecule has 0 saturated heterocycles. The SMILES string of the molecule is COc1ccc(C[N+]2=C3c4ccccc4OC3C(=O)N(Cc3ccccc3)C2=O)cc1. The number of amides is 3. The largest absolute Gasteiger partial charge is 0.501 e. The summed E-state index contributed by atoms with van der Waals surface area (Å²) in [6, 6.07) is 24.1. The number of para-hydroxylation sites is 1. The van der Waals surface area contributed by atoms with Gasteiger partial charge in [-0.05, 0) is 35.4 Å². The molecule has 2 heterocycles. The molecule has 6 nitrogen and oxygen atoms in total. The molecule has 5 rings (SSSR count). The molecule has 3 aromatic carbocycles. The van der Waals surface area contributed by atoms with Gasteiger partial charge in [-0.3, -0.25) is 0 Å². The maximum absolute atomic E-state index is 13.6. The fourth-order valence-electron chi connectivity index (χ4n) is 4.02. The van der Waals surface area contributed by atoms with E-state index in [1.54, 1.807) is 11.7 Å². The molecule has 0 radical (unpaired) electrons. The lowest BCUT2D eigenvalue weighted by molar-refractivity contribution is -0.457. The molecule has 0 saturated carbocycles. The normalized spacial score (nSPS) is 17.3. The summed E-state index contributed by atoms with van der Waals surface area (Å²) in [6.45, 7) is 0.520. The smallest absolute Gasteiger partial charge is 0.497 e. The maximum Gasteiger partial charge on any atom is 0.501 e. The van der Waals surface area contributed by atoms with Gasteiger partial charge in [0.25, 0.3) is 6.10 Å². The second-order valence-corrected chi connectivity index (χ2v) is 7.51. The number of carbonyl (C=O) groups is 2. The highest BCUT2D eigenvalue weighted by atomic mass is 16.5. The van der Waals surface area contributed by atoms with E-state index in [0.29, 0.717) is 18.0 Å². The van der Waals surface area contributed by atoms with Crippen LogP contribution in [0.1, 0.15) is 16.7 Å². The Labute approximate surface area is 180 Å². The Kier molecular flexibility index (Phi) is 4.75. The van der Waals surface area contributed by atoms with E-state index in [1.807, 2.05) is 78.9 Å². The summed E-state index contributed by atoms with van der Waals surface area (Å²) in [5, 5.41) is 0. The molecule has 0 N–H and O–H groups in total. The van der Waals surface area contributed by atoms with Crippen LogP contribution in [-0.4, -0.2) is 40.3 Å². The van der Waals surface area contributed by atoms with Crippen molar-refractivity contribution in [2.75, 3.05) is 7.11 Å². The molecule has 0 fully saturated rings. The van der Waals surface area contributed by atoms with E-state index in [9.17, 15) is 9.59 Å². The summed E-state index contributed by atoms with van der Waals surface area (Å²) in [6.07, 6.45) is -0.836. The number of benzene rings is 3. The summed E-state index contributed by atoms with van der Waals surface area (Å²) in [5.41, 5.74) is 3.19.